The van der Waals surface area contributed by atoms with Crippen molar-refractivity contribution in [3.8, 4) is 11.3 Å². The molecule has 0 radical (unpaired) electrons. The first kappa shape index (κ1) is 15.7. The van der Waals surface area contributed by atoms with Crippen LogP contribution in [0.5, 0.6) is 0 Å². The summed E-state index contributed by atoms with van der Waals surface area (Å²) < 4.78 is 2.18. The molecule has 1 N–H and O–H groups in total. The summed E-state index contributed by atoms with van der Waals surface area (Å²) in [5.74, 6) is 0.866. The van der Waals surface area contributed by atoms with E-state index in [1.165, 1.54) is 0 Å². The second-order valence-corrected chi connectivity index (χ2v) is 7.64. The zero-order chi connectivity index (χ0) is 17.7. The molecule has 3 heterocycles. The van der Waals surface area contributed by atoms with E-state index in [9.17, 15) is 4.79 Å². The van der Waals surface area contributed by atoms with Crippen LogP contribution in [-0.4, -0.2) is 21.2 Å². The fraction of sp³-hybridized carbons (Fsp3) is 0.100. The van der Waals surface area contributed by atoms with E-state index >= 15 is 0 Å². The Bertz CT molecular complexity index is 1070. The van der Waals surface area contributed by atoms with Crippen molar-refractivity contribution in [2.24, 2.45) is 0 Å². The molecule has 6 heteroatoms. The fourth-order valence-electron chi connectivity index (χ4n) is 3.43. The van der Waals surface area contributed by atoms with E-state index in [0.29, 0.717) is 10.6 Å². The molecule has 0 saturated carbocycles. The van der Waals surface area contributed by atoms with E-state index < -0.39 is 0 Å². The van der Waals surface area contributed by atoms with Crippen LogP contribution in [0.2, 0.25) is 5.02 Å². The molecule has 0 fully saturated rings. The zero-order valence-electron chi connectivity index (χ0n) is 13.7. The third kappa shape index (κ3) is 2.39. The Morgan fingerprint density at radius 2 is 2.00 bits per heavy atom. The number of imidazole rings is 1. The Hall–Kier alpha value is -2.50. The van der Waals surface area contributed by atoms with Crippen molar-refractivity contribution in [1.29, 1.82) is 0 Å². The van der Waals surface area contributed by atoms with Crippen molar-refractivity contribution in [3.05, 3.63) is 64.8 Å². The van der Waals surface area contributed by atoms with Gasteiger partial charge < -0.3 is 9.88 Å². The lowest BCUT2D eigenvalue weighted by molar-refractivity contribution is -0.110. The molecule has 2 aromatic carbocycles. The molecule has 1 amide bonds. The number of nitrogens with zero attached hydrogens (tertiary/aromatic N) is 2. The number of amides is 1. The molecule has 5 rings (SSSR count). The summed E-state index contributed by atoms with van der Waals surface area (Å²) in [4.78, 5) is 17.4. The number of benzene rings is 2. The number of carbonyl (C=O) groups is 1. The number of aromatic nitrogens is 2. The van der Waals surface area contributed by atoms with Crippen LogP contribution >= 0.6 is 23.4 Å². The van der Waals surface area contributed by atoms with Crippen molar-refractivity contribution < 1.29 is 4.79 Å². The van der Waals surface area contributed by atoms with Gasteiger partial charge >= 0.3 is 0 Å². The summed E-state index contributed by atoms with van der Waals surface area (Å²) in [6, 6.07) is 15.6. The van der Waals surface area contributed by atoms with Crippen LogP contribution in [0.25, 0.3) is 22.9 Å². The standard InChI is InChI=1S/C20H14ClN3OS/c21-14-7-4-8-15-17(14)13(19(25)22-15)11-16-18(12-5-2-1-3-6-12)23-20-24(16)9-10-26-20/h1-8,11H,9-10H2,(H,22,25)/b13-11+. The van der Waals surface area contributed by atoms with Crippen molar-refractivity contribution in [2.75, 3.05) is 11.1 Å². The van der Waals surface area contributed by atoms with Crippen molar-refractivity contribution in [1.82, 2.24) is 9.55 Å². The third-order valence-electron chi connectivity index (χ3n) is 4.62. The van der Waals surface area contributed by atoms with Gasteiger partial charge in [0.25, 0.3) is 5.91 Å². The molecule has 0 unspecified atom stereocenters. The van der Waals surface area contributed by atoms with Crippen molar-refractivity contribution >= 4 is 46.6 Å². The maximum absolute atomic E-state index is 12.6. The summed E-state index contributed by atoms with van der Waals surface area (Å²) in [5.41, 5.74) is 5.00. The predicted octanol–water partition coefficient (Wildman–Crippen LogP) is 4.80. The van der Waals surface area contributed by atoms with Crippen LogP contribution in [-0.2, 0) is 11.3 Å². The number of hydrogen-bond acceptors (Lipinski definition) is 3. The fourth-order valence-corrected chi connectivity index (χ4v) is 4.67. The molecular formula is C20H14ClN3OS. The van der Waals surface area contributed by atoms with Gasteiger partial charge in [-0.15, -0.1) is 0 Å². The molecule has 0 atom stereocenters. The Balaban J connectivity index is 1.73. The van der Waals surface area contributed by atoms with Gasteiger partial charge in [-0.25, -0.2) is 4.98 Å². The summed E-state index contributed by atoms with van der Waals surface area (Å²) in [5, 5.41) is 4.47. The number of carbonyl (C=O) groups excluding carboxylic acids is 1. The number of hydrogen-bond donors (Lipinski definition) is 1. The first-order valence-electron chi connectivity index (χ1n) is 8.33. The van der Waals surface area contributed by atoms with Crippen LogP contribution in [0.3, 0.4) is 0 Å². The Morgan fingerprint density at radius 1 is 1.15 bits per heavy atom. The number of thioether (sulfide) groups is 1. The molecule has 26 heavy (non-hydrogen) atoms. The van der Waals surface area contributed by atoms with Gasteiger partial charge in [-0.1, -0.05) is 59.8 Å². The lowest BCUT2D eigenvalue weighted by atomic mass is 10.0. The third-order valence-corrected chi connectivity index (χ3v) is 5.89. The zero-order valence-corrected chi connectivity index (χ0v) is 15.3. The molecule has 0 saturated heterocycles. The Labute approximate surface area is 159 Å². The maximum Gasteiger partial charge on any atom is 0.256 e. The number of anilines is 1. The van der Waals surface area contributed by atoms with Gasteiger partial charge in [-0.2, -0.15) is 0 Å². The quantitative estimate of drug-likeness (QED) is 0.650. The molecule has 1 aromatic heterocycles. The Kier molecular flexibility index (Phi) is 3.65. The lowest BCUT2D eigenvalue weighted by Gasteiger charge is -2.06. The first-order valence-corrected chi connectivity index (χ1v) is 9.69. The smallest absolute Gasteiger partial charge is 0.256 e. The molecule has 0 spiro atoms. The van der Waals surface area contributed by atoms with Crippen molar-refractivity contribution in [3.63, 3.8) is 0 Å². The van der Waals surface area contributed by atoms with Crippen LogP contribution in [0.15, 0.2) is 53.7 Å². The summed E-state index contributed by atoms with van der Waals surface area (Å²) in [7, 11) is 0. The van der Waals surface area contributed by atoms with E-state index in [4.69, 9.17) is 16.6 Å². The average Bonchev–Trinajstić information content (AvgIpc) is 3.31. The minimum Gasteiger partial charge on any atom is -0.321 e. The SMILES string of the molecule is O=C1Nc2cccc(Cl)c2/C1=C\c1c(-c2ccccc2)nc2n1CCS2. The van der Waals surface area contributed by atoms with E-state index in [1.54, 1.807) is 11.8 Å². The molecule has 2 aliphatic heterocycles. The summed E-state index contributed by atoms with van der Waals surface area (Å²) in [6.45, 7) is 0.885. The van der Waals surface area contributed by atoms with E-state index in [0.717, 1.165) is 45.7 Å². The van der Waals surface area contributed by atoms with E-state index in [1.807, 2.05) is 54.6 Å². The predicted molar refractivity (Wildman–Crippen MR) is 106 cm³/mol. The van der Waals surface area contributed by atoms with Gasteiger partial charge in [0.1, 0.15) is 0 Å². The highest BCUT2D eigenvalue weighted by Crippen LogP contribution is 2.40. The largest absolute Gasteiger partial charge is 0.321 e. The number of fused-ring (bicyclic) bond motifs is 2. The summed E-state index contributed by atoms with van der Waals surface area (Å²) >= 11 is 8.13. The van der Waals surface area contributed by atoms with Gasteiger partial charge in [0.15, 0.2) is 5.16 Å². The maximum atomic E-state index is 12.6. The first-order chi connectivity index (χ1) is 12.7. The van der Waals surface area contributed by atoms with Crippen LogP contribution in [0, 0.1) is 0 Å². The topological polar surface area (TPSA) is 46.9 Å². The van der Waals surface area contributed by atoms with Gasteiger partial charge in [0, 0.05) is 23.4 Å². The highest BCUT2D eigenvalue weighted by Gasteiger charge is 2.29. The minimum absolute atomic E-state index is 0.131. The van der Waals surface area contributed by atoms with Gasteiger partial charge in [0.2, 0.25) is 0 Å². The minimum atomic E-state index is -0.131. The van der Waals surface area contributed by atoms with Crippen molar-refractivity contribution in [2.45, 2.75) is 11.7 Å². The van der Waals surface area contributed by atoms with E-state index in [-0.39, 0.29) is 5.91 Å². The molecule has 4 nitrogen and oxygen atoms in total. The molecule has 0 aliphatic carbocycles. The highest BCUT2D eigenvalue weighted by molar-refractivity contribution is 7.99. The molecule has 2 aliphatic rings. The highest BCUT2D eigenvalue weighted by atomic mass is 35.5. The monoisotopic (exact) mass is 379 g/mol. The molecule has 0 bridgehead atoms. The lowest BCUT2D eigenvalue weighted by Crippen LogP contribution is -2.05. The normalized spacial score (nSPS) is 16.7. The van der Waals surface area contributed by atoms with E-state index in [2.05, 4.69) is 9.88 Å². The number of halogens is 1. The van der Waals surface area contributed by atoms with Gasteiger partial charge in [-0.05, 0) is 18.2 Å². The average molecular weight is 380 g/mol. The number of nitrogens with one attached hydrogen (secondary N) is 1. The van der Waals surface area contributed by atoms with Crippen LogP contribution < -0.4 is 5.32 Å². The van der Waals surface area contributed by atoms with Crippen LogP contribution in [0.4, 0.5) is 5.69 Å². The molecule has 128 valence electrons. The Morgan fingerprint density at radius 3 is 2.85 bits per heavy atom. The van der Waals surface area contributed by atoms with Gasteiger partial charge in [0.05, 0.1) is 27.7 Å². The molecular weight excluding hydrogens is 366 g/mol. The molecule has 3 aromatic rings. The second-order valence-electron chi connectivity index (χ2n) is 6.17. The summed E-state index contributed by atoms with van der Waals surface area (Å²) in [6.07, 6.45) is 1.93. The van der Waals surface area contributed by atoms with Crippen LogP contribution in [0.1, 0.15) is 11.3 Å². The number of rotatable bonds is 2. The van der Waals surface area contributed by atoms with Gasteiger partial charge in [-0.3, -0.25) is 4.79 Å². The second kappa shape index (κ2) is 6.04.